The summed E-state index contributed by atoms with van der Waals surface area (Å²) in [6.45, 7) is 0. The molecule has 1 aromatic carbocycles. The number of nitrogens with zero attached hydrogens (tertiary/aromatic N) is 3. The van der Waals surface area contributed by atoms with Crippen molar-refractivity contribution in [1.29, 1.82) is 5.26 Å². The molecule has 0 aliphatic rings. The second kappa shape index (κ2) is 5.25. The molecule has 0 aliphatic heterocycles. The highest BCUT2D eigenvalue weighted by atomic mass is 35.5. The van der Waals surface area contributed by atoms with Crippen LogP contribution in [0.2, 0.25) is 5.28 Å². The average Bonchev–Trinajstić information content (AvgIpc) is 2.39. The van der Waals surface area contributed by atoms with Crippen molar-refractivity contribution in [3.8, 4) is 6.07 Å². The van der Waals surface area contributed by atoms with Crippen molar-refractivity contribution in [2.75, 3.05) is 5.32 Å². The van der Waals surface area contributed by atoms with Gasteiger partial charge in [-0.05, 0) is 35.9 Å². The lowest BCUT2D eigenvalue weighted by molar-refractivity contribution is 0.102. The lowest BCUT2D eigenvalue weighted by Crippen LogP contribution is -2.13. The number of hydrogen-bond donors (Lipinski definition) is 1. The predicted molar refractivity (Wildman–Crippen MR) is 66.2 cm³/mol. The second-order valence-corrected chi connectivity index (χ2v) is 3.70. The number of carbonyl (C=O) groups is 1. The van der Waals surface area contributed by atoms with E-state index in [2.05, 4.69) is 15.3 Å². The van der Waals surface area contributed by atoms with Gasteiger partial charge in [-0.1, -0.05) is 6.07 Å². The fourth-order valence-electron chi connectivity index (χ4n) is 1.32. The molecule has 1 heterocycles. The van der Waals surface area contributed by atoms with Crippen LogP contribution >= 0.6 is 11.6 Å². The maximum absolute atomic E-state index is 11.9. The molecule has 0 spiro atoms. The minimum Gasteiger partial charge on any atom is -0.306 e. The van der Waals surface area contributed by atoms with Crippen molar-refractivity contribution in [2.24, 2.45) is 0 Å². The number of halogens is 1. The van der Waals surface area contributed by atoms with Crippen molar-refractivity contribution >= 4 is 23.3 Å². The van der Waals surface area contributed by atoms with E-state index < -0.39 is 0 Å². The van der Waals surface area contributed by atoms with Crippen molar-refractivity contribution < 1.29 is 4.79 Å². The topological polar surface area (TPSA) is 78.7 Å². The summed E-state index contributed by atoms with van der Waals surface area (Å²) >= 11 is 5.61. The molecule has 0 fully saturated rings. The van der Waals surface area contributed by atoms with Gasteiger partial charge in [0, 0.05) is 11.8 Å². The zero-order valence-corrected chi connectivity index (χ0v) is 9.85. The molecule has 2 rings (SSSR count). The highest BCUT2D eigenvalue weighted by Gasteiger charge is 2.07. The van der Waals surface area contributed by atoms with Crippen LogP contribution < -0.4 is 5.32 Å². The third-order valence-electron chi connectivity index (χ3n) is 2.12. The first-order valence-corrected chi connectivity index (χ1v) is 5.37. The number of hydrogen-bond acceptors (Lipinski definition) is 4. The quantitative estimate of drug-likeness (QED) is 0.838. The maximum Gasteiger partial charge on any atom is 0.256 e. The van der Waals surface area contributed by atoms with E-state index in [9.17, 15) is 4.79 Å². The number of benzene rings is 1. The van der Waals surface area contributed by atoms with Gasteiger partial charge in [0.25, 0.3) is 5.91 Å². The van der Waals surface area contributed by atoms with Crippen LogP contribution in [0.15, 0.2) is 36.5 Å². The first-order chi connectivity index (χ1) is 8.69. The Morgan fingerprint density at radius 3 is 2.94 bits per heavy atom. The Bertz CT molecular complexity index is 636. The van der Waals surface area contributed by atoms with Crippen LogP contribution in [0.25, 0.3) is 0 Å². The summed E-state index contributed by atoms with van der Waals surface area (Å²) in [7, 11) is 0. The minimum atomic E-state index is -0.359. The second-order valence-electron chi connectivity index (χ2n) is 3.36. The van der Waals surface area contributed by atoms with E-state index in [1.165, 1.54) is 18.3 Å². The molecule has 2 aromatic rings. The van der Waals surface area contributed by atoms with E-state index in [0.717, 1.165) is 0 Å². The summed E-state index contributed by atoms with van der Waals surface area (Å²) in [5, 5.41) is 11.4. The summed E-state index contributed by atoms with van der Waals surface area (Å²) in [6.07, 6.45) is 1.44. The zero-order chi connectivity index (χ0) is 13.0. The molecule has 1 N–H and O–H groups in total. The van der Waals surface area contributed by atoms with Crippen molar-refractivity contribution in [3.63, 3.8) is 0 Å². The minimum absolute atomic E-state index is 0.0542. The fourth-order valence-corrected chi connectivity index (χ4v) is 1.47. The standard InChI is InChI=1S/C12H7ClN4O/c13-12-15-5-4-10(17-12)16-11(18)9-3-1-2-8(6-9)7-14/h1-6H,(H,15,16,17,18). The molecule has 0 unspecified atom stereocenters. The molecule has 0 atom stereocenters. The monoisotopic (exact) mass is 258 g/mol. The van der Waals surface area contributed by atoms with E-state index in [0.29, 0.717) is 16.9 Å². The molecule has 0 aliphatic carbocycles. The molecule has 0 saturated heterocycles. The average molecular weight is 259 g/mol. The van der Waals surface area contributed by atoms with Gasteiger partial charge in [-0.25, -0.2) is 9.97 Å². The van der Waals surface area contributed by atoms with Crippen LogP contribution in [0.1, 0.15) is 15.9 Å². The summed E-state index contributed by atoms with van der Waals surface area (Å²) in [6, 6.07) is 9.87. The van der Waals surface area contributed by atoms with Gasteiger partial charge in [0.1, 0.15) is 5.82 Å². The maximum atomic E-state index is 11.9. The Morgan fingerprint density at radius 2 is 2.22 bits per heavy atom. The molecule has 0 bridgehead atoms. The predicted octanol–water partition coefficient (Wildman–Crippen LogP) is 2.25. The Hall–Kier alpha value is -2.45. The van der Waals surface area contributed by atoms with Crippen LogP contribution in [0, 0.1) is 11.3 Å². The van der Waals surface area contributed by atoms with E-state index in [4.69, 9.17) is 16.9 Å². The number of carbonyl (C=O) groups excluding carboxylic acids is 1. The third-order valence-corrected chi connectivity index (χ3v) is 2.30. The number of aromatic nitrogens is 2. The van der Waals surface area contributed by atoms with Gasteiger partial charge >= 0.3 is 0 Å². The highest BCUT2D eigenvalue weighted by Crippen LogP contribution is 2.09. The first kappa shape index (κ1) is 12.0. The molecule has 88 valence electrons. The van der Waals surface area contributed by atoms with Crippen LogP contribution in [0.4, 0.5) is 5.82 Å². The fraction of sp³-hybridized carbons (Fsp3) is 0. The van der Waals surface area contributed by atoms with Gasteiger partial charge in [-0.3, -0.25) is 4.79 Å². The molecular formula is C12H7ClN4O. The highest BCUT2D eigenvalue weighted by molar-refractivity contribution is 6.28. The van der Waals surface area contributed by atoms with Gasteiger partial charge in [0.2, 0.25) is 5.28 Å². The Kier molecular flexibility index (Phi) is 3.51. The molecule has 1 aromatic heterocycles. The Labute approximate surface area is 108 Å². The van der Waals surface area contributed by atoms with Crippen LogP contribution in [0.5, 0.6) is 0 Å². The first-order valence-electron chi connectivity index (χ1n) is 4.99. The van der Waals surface area contributed by atoms with E-state index in [1.54, 1.807) is 18.2 Å². The normalized spacial score (nSPS) is 9.56. The van der Waals surface area contributed by atoms with Crippen LogP contribution in [-0.4, -0.2) is 15.9 Å². The van der Waals surface area contributed by atoms with Gasteiger partial charge < -0.3 is 5.32 Å². The number of anilines is 1. The van der Waals surface area contributed by atoms with Crippen molar-refractivity contribution in [3.05, 3.63) is 52.9 Å². The number of rotatable bonds is 2. The smallest absolute Gasteiger partial charge is 0.256 e. The molecule has 0 saturated carbocycles. The summed E-state index contributed by atoms with van der Waals surface area (Å²) in [4.78, 5) is 19.4. The van der Waals surface area contributed by atoms with Crippen molar-refractivity contribution in [1.82, 2.24) is 9.97 Å². The molecule has 1 amide bonds. The summed E-state index contributed by atoms with van der Waals surface area (Å²) < 4.78 is 0. The number of nitrogens with one attached hydrogen (secondary N) is 1. The Balaban J connectivity index is 2.20. The van der Waals surface area contributed by atoms with E-state index in [1.807, 2.05) is 6.07 Å². The van der Waals surface area contributed by atoms with Crippen LogP contribution in [0.3, 0.4) is 0 Å². The van der Waals surface area contributed by atoms with Crippen LogP contribution in [-0.2, 0) is 0 Å². The molecule has 0 radical (unpaired) electrons. The lowest BCUT2D eigenvalue weighted by Gasteiger charge is -2.04. The number of amides is 1. The SMILES string of the molecule is N#Cc1cccc(C(=O)Nc2ccnc(Cl)n2)c1. The molecular weight excluding hydrogens is 252 g/mol. The van der Waals surface area contributed by atoms with Gasteiger partial charge in [0.15, 0.2) is 0 Å². The largest absolute Gasteiger partial charge is 0.306 e. The van der Waals surface area contributed by atoms with Gasteiger partial charge in [-0.2, -0.15) is 5.26 Å². The lowest BCUT2D eigenvalue weighted by atomic mass is 10.1. The Morgan fingerprint density at radius 1 is 1.39 bits per heavy atom. The van der Waals surface area contributed by atoms with E-state index in [-0.39, 0.29) is 11.2 Å². The van der Waals surface area contributed by atoms with E-state index >= 15 is 0 Å². The van der Waals surface area contributed by atoms with Gasteiger partial charge in [0.05, 0.1) is 11.6 Å². The number of nitriles is 1. The summed E-state index contributed by atoms with van der Waals surface area (Å²) in [5.41, 5.74) is 0.798. The molecule has 6 heteroatoms. The molecule has 18 heavy (non-hydrogen) atoms. The molecule has 5 nitrogen and oxygen atoms in total. The third kappa shape index (κ3) is 2.81. The van der Waals surface area contributed by atoms with Gasteiger partial charge in [-0.15, -0.1) is 0 Å². The summed E-state index contributed by atoms with van der Waals surface area (Å²) in [5.74, 6) is -0.0516. The van der Waals surface area contributed by atoms with Crippen molar-refractivity contribution in [2.45, 2.75) is 0 Å². The zero-order valence-electron chi connectivity index (χ0n) is 9.09.